The van der Waals surface area contributed by atoms with E-state index in [0.29, 0.717) is 16.3 Å². The van der Waals surface area contributed by atoms with Crippen LogP contribution in [0.25, 0.3) is 10.9 Å². The van der Waals surface area contributed by atoms with E-state index in [1.807, 2.05) is 48.1 Å². The second-order valence-corrected chi connectivity index (χ2v) is 6.03. The van der Waals surface area contributed by atoms with Gasteiger partial charge in [0.05, 0.1) is 32.7 Å². The molecule has 1 unspecified atom stereocenters. The zero-order valence-electron chi connectivity index (χ0n) is 11.1. The molecule has 0 aliphatic carbocycles. The quantitative estimate of drug-likeness (QED) is 0.752. The average Bonchev–Trinajstić information content (AvgIpc) is 2.76. The molecule has 1 atom stereocenters. The molecule has 4 nitrogen and oxygen atoms in total. The lowest BCUT2D eigenvalue weighted by Gasteiger charge is -2.04. The van der Waals surface area contributed by atoms with Crippen molar-refractivity contribution in [2.75, 3.05) is 5.73 Å². The van der Waals surface area contributed by atoms with E-state index in [4.69, 9.17) is 5.73 Å². The van der Waals surface area contributed by atoms with Crippen molar-refractivity contribution >= 4 is 27.4 Å². The highest BCUT2D eigenvalue weighted by Crippen LogP contribution is 2.23. The molecule has 0 aliphatic rings. The lowest BCUT2D eigenvalue weighted by Crippen LogP contribution is -2.02. The minimum atomic E-state index is -1.19. The summed E-state index contributed by atoms with van der Waals surface area (Å²) >= 11 is 0. The minimum absolute atomic E-state index is 0.371. The van der Waals surface area contributed by atoms with Gasteiger partial charge in [0, 0.05) is 18.1 Å². The monoisotopic (exact) mass is 285 g/mol. The van der Waals surface area contributed by atoms with Gasteiger partial charge in [-0.3, -0.25) is 8.89 Å². The Kier molecular flexibility index (Phi) is 3.28. The summed E-state index contributed by atoms with van der Waals surface area (Å²) in [6, 6.07) is 15.2. The van der Waals surface area contributed by atoms with Crippen LogP contribution in [-0.2, 0) is 23.6 Å². The lowest BCUT2D eigenvalue weighted by atomic mass is 10.2. The topological polar surface area (TPSA) is 60.9 Å². The van der Waals surface area contributed by atoms with Gasteiger partial charge in [0.2, 0.25) is 0 Å². The maximum Gasteiger partial charge on any atom is 0.0831 e. The average molecular weight is 285 g/mol. The van der Waals surface area contributed by atoms with Crippen molar-refractivity contribution in [3.63, 3.8) is 0 Å². The summed E-state index contributed by atoms with van der Waals surface area (Å²) in [6.07, 6.45) is 0. The van der Waals surface area contributed by atoms with Crippen LogP contribution in [0.3, 0.4) is 0 Å². The number of aromatic nitrogens is 2. The van der Waals surface area contributed by atoms with Crippen LogP contribution in [0, 0.1) is 0 Å². The van der Waals surface area contributed by atoms with Crippen LogP contribution in [0.15, 0.2) is 53.4 Å². The van der Waals surface area contributed by atoms with Crippen LogP contribution < -0.4 is 5.73 Å². The molecule has 0 bridgehead atoms. The Morgan fingerprint density at radius 2 is 1.85 bits per heavy atom. The molecule has 2 N–H and O–H groups in total. The molecular weight excluding hydrogens is 270 g/mol. The van der Waals surface area contributed by atoms with Crippen molar-refractivity contribution < 1.29 is 4.21 Å². The van der Waals surface area contributed by atoms with E-state index in [0.717, 1.165) is 16.6 Å². The Hall–Kier alpha value is -2.14. The van der Waals surface area contributed by atoms with E-state index in [9.17, 15) is 4.21 Å². The van der Waals surface area contributed by atoms with Gasteiger partial charge in [-0.25, -0.2) is 0 Å². The van der Waals surface area contributed by atoms with Gasteiger partial charge >= 0.3 is 0 Å². The second kappa shape index (κ2) is 5.09. The van der Waals surface area contributed by atoms with Crippen LogP contribution in [0.4, 0.5) is 5.69 Å². The molecule has 0 aliphatic heterocycles. The Morgan fingerprint density at radius 1 is 1.15 bits per heavy atom. The van der Waals surface area contributed by atoms with Crippen LogP contribution in [-0.4, -0.2) is 14.0 Å². The summed E-state index contributed by atoms with van der Waals surface area (Å²) < 4.78 is 14.3. The van der Waals surface area contributed by atoms with E-state index in [-0.39, 0.29) is 0 Å². The molecule has 2 aromatic carbocycles. The summed E-state index contributed by atoms with van der Waals surface area (Å²) in [5.41, 5.74) is 8.32. The normalized spacial score (nSPS) is 12.7. The third-order valence-corrected chi connectivity index (χ3v) is 4.66. The molecule has 0 saturated carbocycles. The Labute approximate surface area is 119 Å². The molecule has 0 spiro atoms. The number of para-hydroxylation sites is 2. The first-order valence-electron chi connectivity index (χ1n) is 6.30. The van der Waals surface area contributed by atoms with Crippen molar-refractivity contribution in [2.24, 2.45) is 7.05 Å². The number of aryl methyl sites for hydroxylation is 1. The predicted molar refractivity (Wildman–Crippen MR) is 81.7 cm³/mol. The number of anilines is 1. The highest BCUT2D eigenvalue weighted by molar-refractivity contribution is 7.84. The number of hydrogen-bond acceptors (Lipinski definition) is 3. The highest BCUT2D eigenvalue weighted by Gasteiger charge is 2.14. The van der Waals surface area contributed by atoms with Crippen molar-refractivity contribution in [3.8, 4) is 0 Å². The smallest absolute Gasteiger partial charge is 0.0831 e. The molecule has 1 aromatic heterocycles. The highest BCUT2D eigenvalue weighted by atomic mass is 32.2. The fourth-order valence-corrected chi connectivity index (χ4v) is 3.46. The van der Waals surface area contributed by atoms with Crippen molar-refractivity contribution in [2.45, 2.75) is 10.6 Å². The van der Waals surface area contributed by atoms with Gasteiger partial charge in [0.1, 0.15) is 0 Å². The predicted octanol–water partition coefficient (Wildman–Crippen LogP) is 2.46. The van der Waals surface area contributed by atoms with Crippen molar-refractivity contribution in [1.29, 1.82) is 0 Å². The summed E-state index contributed by atoms with van der Waals surface area (Å²) in [6.45, 7) is 0. The third kappa shape index (κ3) is 2.20. The van der Waals surface area contributed by atoms with Gasteiger partial charge in [-0.1, -0.05) is 30.3 Å². The first-order chi connectivity index (χ1) is 9.66. The molecule has 3 rings (SSSR count). The minimum Gasteiger partial charge on any atom is -0.398 e. The Balaban J connectivity index is 1.98. The zero-order valence-corrected chi connectivity index (χ0v) is 11.9. The van der Waals surface area contributed by atoms with Crippen LogP contribution in [0.2, 0.25) is 0 Å². The van der Waals surface area contributed by atoms with Crippen molar-refractivity contribution in [3.05, 3.63) is 54.2 Å². The largest absolute Gasteiger partial charge is 0.398 e. The maximum atomic E-state index is 12.5. The standard InChI is InChI=1S/C15H15N3OS/c1-18-14-8-4-2-6-11(14)13(17-18)10-20(19)15-9-5-3-7-12(15)16/h2-9H,10,16H2,1H3. The summed E-state index contributed by atoms with van der Waals surface area (Å²) in [4.78, 5) is 0.669. The number of benzene rings is 2. The van der Waals surface area contributed by atoms with E-state index < -0.39 is 10.8 Å². The summed E-state index contributed by atoms with van der Waals surface area (Å²) in [7, 11) is 0.705. The molecule has 0 saturated heterocycles. The van der Waals surface area contributed by atoms with Gasteiger partial charge < -0.3 is 5.73 Å². The van der Waals surface area contributed by atoms with E-state index in [1.54, 1.807) is 12.1 Å². The van der Waals surface area contributed by atoms with Crippen molar-refractivity contribution in [1.82, 2.24) is 9.78 Å². The molecule has 20 heavy (non-hydrogen) atoms. The van der Waals surface area contributed by atoms with E-state index in [1.165, 1.54) is 0 Å². The molecular formula is C15H15N3OS. The van der Waals surface area contributed by atoms with Crippen LogP contribution in [0.1, 0.15) is 5.69 Å². The molecule has 0 fully saturated rings. The van der Waals surface area contributed by atoms with Gasteiger partial charge in [-0.2, -0.15) is 5.10 Å². The number of fused-ring (bicyclic) bond motifs is 1. The number of nitrogens with zero attached hydrogens (tertiary/aromatic N) is 2. The fraction of sp³-hybridized carbons (Fsp3) is 0.133. The number of nitrogen functional groups attached to an aromatic ring is 1. The SMILES string of the molecule is Cn1nc(CS(=O)c2ccccc2N)c2ccccc21. The molecule has 0 radical (unpaired) electrons. The fourth-order valence-electron chi connectivity index (χ4n) is 2.29. The molecule has 0 amide bonds. The molecule has 102 valence electrons. The first kappa shape index (κ1) is 12.9. The Bertz CT molecular complexity index is 795. The van der Waals surface area contributed by atoms with E-state index >= 15 is 0 Å². The first-order valence-corrected chi connectivity index (χ1v) is 7.62. The summed E-state index contributed by atoms with van der Waals surface area (Å²) in [5.74, 6) is 0.371. The Morgan fingerprint density at radius 3 is 2.65 bits per heavy atom. The lowest BCUT2D eigenvalue weighted by molar-refractivity contribution is 0.681. The molecule has 1 heterocycles. The van der Waals surface area contributed by atoms with Crippen LogP contribution in [0.5, 0.6) is 0 Å². The maximum absolute atomic E-state index is 12.5. The molecule has 5 heteroatoms. The van der Waals surface area contributed by atoms with Gasteiger partial charge in [0.25, 0.3) is 0 Å². The molecule has 3 aromatic rings. The van der Waals surface area contributed by atoms with Gasteiger partial charge in [-0.05, 0) is 18.2 Å². The number of rotatable bonds is 3. The van der Waals surface area contributed by atoms with Gasteiger partial charge in [-0.15, -0.1) is 0 Å². The zero-order chi connectivity index (χ0) is 14.1. The van der Waals surface area contributed by atoms with Crippen LogP contribution >= 0.6 is 0 Å². The number of hydrogen-bond donors (Lipinski definition) is 1. The second-order valence-electron chi connectivity index (χ2n) is 4.62. The van der Waals surface area contributed by atoms with Gasteiger partial charge in [0.15, 0.2) is 0 Å². The summed E-state index contributed by atoms with van der Waals surface area (Å²) in [5, 5.41) is 5.51. The number of nitrogens with two attached hydrogens (primary N) is 1. The van der Waals surface area contributed by atoms with E-state index in [2.05, 4.69) is 5.10 Å². The third-order valence-electron chi connectivity index (χ3n) is 3.27.